The smallest absolute Gasteiger partial charge is 0.137 e. The molecule has 2 nitrogen and oxygen atoms in total. The van der Waals surface area contributed by atoms with E-state index in [2.05, 4.69) is 32.4 Å². The van der Waals surface area contributed by atoms with E-state index in [1.807, 2.05) is 12.3 Å². The lowest BCUT2D eigenvalue weighted by Crippen LogP contribution is -2.05. The molecule has 0 spiro atoms. The van der Waals surface area contributed by atoms with Crippen LogP contribution in [-0.4, -0.2) is 9.55 Å². The van der Waals surface area contributed by atoms with Gasteiger partial charge in [-0.15, -0.1) is 0 Å². The van der Waals surface area contributed by atoms with Crippen LogP contribution < -0.4 is 0 Å². The van der Waals surface area contributed by atoms with Gasteiger partial charge >= 0.3 is 0 Å². The highest BCUT2D eigenvalue weighted by Gasteiger charge is 2.08. The summed E-state index contributed by atoms with van der Waals surface area (Å²) in [5, 5.41) is 0. The third-order valence-electron chi connectivity index (χ3n) is 2.65. The summed E-state index contributed by atoms with van der Waals surface area (Å²) in [6, 6.07) is 5.10. The van der Waals surface area contributed by atoms with Gasteiger partial charge in [0.2, 0.25) is 0 Å². The lowest BCUT2D eigenvalue weighted by molar-refractivity contribution is 0.614. The predicted octanol–water partition coefficient (Wildman–Crippen LogP) is 3.79. The Morgan fingerprint density at radius 1 is 1.41 bits per heavy atom. The van der Waals surface area contributed by atoms with Crippen molar-refractivity contribution in [2.75, 3.05) is 0 Å². The van der Waals surface area contributed by atoms with E-state index in [1.165, 1.54) is 6.07 Å². The van der Waals surface area contributed by atoms with Gasteiger partial charge in [0.05, 0.1) is 4.47 Å². The van der Waals surface area contributed by atoms with Gasteiger partial charge in [0, 0.05) is 25.4 Å². The summed E-state index contributed by atoms with van der Waals surface area (Å²) in [6.45, 7) is 2.77. The molecular formula is C13H14BrFN2. The van der Waals surface area contributed by atoms with Crippen LogP contribution in [0.3, 0.4) is 0 Å². The van der Waals surface area contributed by atoms with E-state index in [0.29, 0.717) is 11.0 Å². The van der Waals surface area contributed by atoms with Crippen molar-refractivity contribution in [1.29, 1.82) is 0 Å². The van der Waals surface area contributed by atoms with Gasteiger partial charge in [0.25, 0.3) is 0 Å². The fourth-order valence-corrected chi connectivity index (χ4v) is 2.18. The van der Waals surface area contributed by atoms with E-state index in [1.54, 1.807) is 12.3 Å². The summed E-state index contributed by atoms with van der Waals surface area (Å²) < 4.78 is 16.0. The van der Waals surface area contributed by atoms with E-state index in [9.17, 15) is 4.39 Å². The van der Waals surface area contributed by atoms with Gasteiger partial charge in [-0.1, -0.05) is 19.1 Å². The number of benzene rings is 1. The highest BCUT2D eigenvalue weighted by molar-refractivity contribution is 9.10. The monoisotopic (exact) mass is 296 g/mol. The highest BCUT2D eigenvalue weighted by Crippen LogP contribution is 2.21. The van der Waals surface area contributed by atoms with Gasteiger partial charge in [-0.2, -0.15) is 0 Å². The summed E-state index contributed by atoms with van der Waals surface area (Å²) in [5.74, 6) is 0.823. The van der Waals surface area contributed by atoms with Crippen LogP contribution in [0.25, 0.3) is 0 Å². The van der Waals surface area contributed by atoms with Crippen molar-refractivity contribution in [2.45, 2.75) is 26.3 Å². The quantitative estimate of drug-likeness (QED) is 0.839. The van der Waals surface area contributed by atoms with E-state index < -0.39 is 0 Å². The number of aromatic nitrogens is 2. The molecule has 0 atom stereocenters. The van der Waals surface area contributed by atoms with Crippen molar-refractivity contribution >= 4 is 15.9 Å². The Hall–Kier alpha value is -1.16. The molecule has 0 saturated carbocycles. The molecule has 0 aliphatic rings. The zero-order valence-electron chi connectivity index (χ0n) is 9.66. The highest BCUT2D eigenvalue weighted by atomic mass is 79.9. The molecule has 0 radical (unpaired) electrons. The zero-order chi connectivity index (χ0) is 12.3. The molecule has 17 heavy (non-hydrogen) atoms. The molecule has 2 aromatic rings. The van der Waals surface area contributed by atoms with Gasteiger partial charge in [-0.05, 0) is 34.0 Å². The number of aryl methyl sites for hydroxylation is 1. The Balaban J connectivity index is 2.25. The van der Waals surface area contributed by atoms with Crippen molar-refractivity contribution in [3.63, 3.8) is 0 Å². The first kappa shape index (κ1) is 12.3. The molecule has 0 aliphatic heterocycles. The maximum absolute atomic E-state index is 13.4. The van der Waals surface area contributed by atoms with Gasteiger partial charge in [-0.3, -0.25) is 0 Å². The maximum atomic E-state index is 13.4. The van der Waals surface area contributed by atoms with Crippen LogP contribution in [0.1, 0.15) is 24.7 Å². The second kappa shape index (κ2) is 5.45. The maximum Gasteiger partial charge on any atom is 0.137 e. The van der Waals surface area contributed by atoms with Gasteiger partial charge < -0.3 is 4.57 Å². The van der Waals surface area contributed by atoms with Crippen molar-refractivity contribution in [3.05, 3.63) is 52.3 Å². The van der Waals surface area contributed by atoms with Crippen LogP contribution in [0.2, 0.25) is 0 Å². The zero-order valence-corrected chi connectivity index (χ0v) is 11.2. The Labute approximate surface area is 109 Å². The third kappa shape index (κ3) is 2.75. The second-order valence-corrected chi connectivity index (χ2v) is 4.73. The number of hydrogen-bond donors (Lipinski definition) is 0. The van der Waals surface area contributed by atoms with E-state index >= 15 is 0 Å². The molecule has 0 saturated heterocycles. The SMILES string of the molecule is CCCc1nccn1Cc1cccc(F)c1Br. The number of imidazole rings is 1. The molecule has 1 aromatic heterocycles. The second-order valence-electron chi connectivity index (χ2n) is 3.93. The fourth-order valence-electron chi connectivity index (χ4n) is 1.79. The largest absolute Gasteiger partial charge is 0.330 e. The molecule has 2 rings (SSSR count). The minimum atomic E-state index is -0.223. The molecule has 0 unspecified atom stereocenters. The van der Waals surface area contributed by atoms with Gasteiger partial charge in [0.15, 0.2) is 0 Å². The molecule has 4 heteroatoms. The van der Waals surface area contributed by atoms with Gasteiger partial charge in [0.1, 0.15) is 11.6 Å². The Bertz CT molecular complexity index is 508. The topological polar surface area (TPSA) is 17.8 Å². The van der Waals surface area contributed by atoms with Crippen molar-refractivity contribution < 1.29 is 4.39 Å². The summed E-state index contributed by atoms with van der Waals surface area (Å²) in [4.78, 5) is 4.31. The van der Waals surface area contributed by atoms with Crippen LogP contribution >= 0.6 is 15.9 Å². The normalized spacial score (nSPS) is 10.8. The Morgan fingerprint density at radius 3 is 3.00 bits per heavy atom. The first-order valence-electron chi connectivity index (χ1n) is 5.65. The minimum Gasteiger partial charge on any atom is -0.330 e. The molecule has 0 amide bonds. The van der Waals surface area contributed by atoms with Crippen molar-refractivity contribution in [2.24, 2.45) is 0 Å². The number of nitrogens with zero attached hydrogens (tertiary/aromatic N) is 2. The summed E-state index contributed by atoms with van der Waals surface area (Å²) in [6.07, 6.45) is 5.72. The summed E-state index contributed by atoms with van der Waals surface area (Å²) in [5.41, 5.74) is 0.931. The molecule has 1 heterocycles. The van der Waals surface area contributed by atoms with Crippen LogP contribution in [0.15, 0.2) is 35.1 Å². The minimum absolute atomic E-state index is 0.223. The van der Waals surface area contributed by atoms with Crippen molar-refractivity contribution in [3.8, 4) is 0 Å². The predicted molar refractivity (Wildman–Crippen MR) is 69.4 cm³/mol. The lowest BCUT2D eigenvalue weighted by atomic mass is 10.2. The van der Waals surface area contributed by atoms with E-state index in [-0.39, 0.29) is 5.82 Å². The van der Waals surface area contributed by atoms with E-state index in [4.69, 9.17) is 0 Å². The standard InChI is InChI=1S/C13H14BrFN2/c1-2-4-12-16-7-8-17(12)9-10-5-3-6-11(15)13(10)14/h3,5-8H,2,4,9H2,1H3. The van der Waals surface area contributed by atoms with Crippen LogP contribution in [0, 0.1) is 5.82 Å². The van der Waals surface area contributed by atoms with Crippen LogP contribution in [-0.2, 0) is 13.0 Å². The molecule has 0 N–H and O–H groups in total. The molecule has 0 fully saturated rings. The van der Waals surface area contributed by atoms with Gasteiger partial charge in [-0.25, -0.2) is 9.37 Å². The van der Waals surface area contributed by atoms with E-state index in [0.717, 1.165) is 24.2 Å². The Morgan fingerprint density at radius 2 is 2.24 bits per heavy atom. The number of rotatable bonds is 4. The molecule has 0 bridgehead atoms. The average Bonchev–Trinajstić information content (AvgIpc) is 2.73. The Kier molecular flexibility index (Phi) is 3.94. The molecule has 90 valence electrons. The first-order valence-corrected chi connectivity index (χ1v) is 6.44. The lowest BCUT2D eigenvalue weighted by Gasteiger charge is -2.09. The molecular weight excluding hydrogens is 283 g/mol. The van der Waals surface area contributed by atoms with Crippen molar-refractivity contribution in [1.82, 2.24) is 9.55 Å². The van der Waals surface area contributed by atoms with Crippen LogP contribution in [0.5, 0.6) is 0 Å². The summed E-state index contributed by atoms with van der Waals surface area (Å²) in [7, 11) is 0. The first-order chi connectivity index (χ1) is 8.22. The van der Waals surface area contributed by atoms with Crippen LogP contribution in [0.4, 0.5) is 4.39 Å². The average molecular weight is 297 g/mol. The number of hydrogen-bond acceptors (Lipinski definition) is 1. The number of halogens is 2. The summed E-state index contributed by atoms with van der Waals surface area (Å²) >= 11 is 3.28. The molecule has 1 aromatic carbocycles. The third-order valence-corrected chi connectivity index (χ3v) is 3.54. The fraction of sp³-hybridized carbons (Fsp3) is 0.308. The molecule has 0 aliphatic carbocycles.